The van der Waals surface area contributed by atoms with Crippen molar-refractivity contribution in [1.29, 1.82) is 0 Å². The first kappa shape index (κ1) is 13.4. The molecule has 14 heavy (non-hydrogen) atoms. The molecule has 0 unspecified atom stereocenters. The van der Waals surface area contributed by atoms with E-state index in [4.69, 9.17) is 10.5 Å². The van der Waals surface area contributed by atoms with Crippen LogP contribution in [-0.2, 0) is 9.53 Å². The third kappa shape index (κ3) is 6.82. The van der Waals surface area contributed by atoms with E-state index in [9.17, 15) is 4.79 Å². The third-order valence-electron chi connectivity index (χ3n) is 1.88. The number of nitrogens with one attached hydrogen (secondary N) is 1. The Labute approximate surface area is 85.6 Å². The highest BCUT2D eigenvalue weighted by molar-refractivity contribution is 5.80. The first-order valence-corrected chi connectivity index (χ1v) is 4.78. The summed E-state index contributed by atoms with van der Waals surface area (Å²) in [6, 6.07) is -0.431. The van der Waals surface area contributed by atoms with Gasteiger partial charge in [-0.15, -0.1) is 0 Å². The van der Waals surface area contributed by atoms with Crippen molar-refractivity contribution in [3.8, 4) is 0 Å². The Balaban J connectivity index is 3.39. The maximum Gasteiger partial charge on any atom is 0.236 e. The van der Waals surface area contributed by atoms with Crippen molar-refractivity contribution in [1.82, 2.24) is 10.2 Å². The average Bonchev–Trinajstić information content (AvgIpc) is 2.14. The van der Waals surface area contributed by atoms with Gasteiger partial charge in [-0.1, -0.05) is 0 Å². The minimum absolute atomic E-state index is 0.106. The van der Waals surface area contributed by atoms with Gasteiger partial charge in [-0.3, -0.25) is 4.79 Å². The number of methoxy groups -OCH3 is 1. The highest BCUT2D eigenvalue weighted by Gasteiger charge is 2.05. The van der Waals surface area contributed by atoms with Crippen LogP contribution in [0.5, 0.6) is 0 Å². The van der Waals surface area contributed by atoms with Crippen LogP contribution in [0.4, 0.5) is 0 Å². The number of likely N-dealkylation sites (N-methyl/N-ethyl adjacent to an activating group) is 1. The Morgan fingerprint density at radius 2 is 2.21 bits per heavy atom. The summed E-state index contributed by atoms with van der Waals surface area (Å²) < 4.78 is 4.93. The van der Waals surface area contributed by atoms with Crippen LogP contribution >= 0.6 is 0 Å². The summed E-state index contributed by atoms with van der Waals surface area (Å²) in [6.07, 6.45) is 0. The molecule has 0 spiro atoms. The predicted octanol–water partition coefficient (Wildman–Crippen LogP) is -0.972. The van der Waals surface area contributed by atoms with Gasteiger partial charge in [-0.2, -0.15) is 0 Å². The van der Waals surface area contributed by atoms with E-state index in [-0.39, 0.29) is 5.91 Å². The van der Waals surface area contributed by atoms with Crippen molar-refractivity contribution in [3.05, 3.63) is 0 Å². The maximum atomic E-state index is 11.1. The predicted molar refractivity (Wildman–Crippen MR) is 56.0 cm³/mol. The third-order valence-corrected chi connectivity index (χ3v) is 1.88. The molecule has 0 radical (unpaired) electrons. The highest BCUT2D eigenvalue weighted by atomic mass is 16.5. The Hall–Kier alpha value is -0.650. The lowest BCUT2D eigenvalue weighted by Gasteiger charge is -2.16. The van der Waals surface area contributed by atoms with E-state index in [1.165, 1.54) is 0 Å². The number of hydrogen-bond donors (Lipinski definition) is 2. The number of ether oxygens (including phenoxy) is 1. The van der Waals surface area contributed by atoms with Gasteiger partial charge in [0.15, 0.2) is 0 Å². The van der Waals surface area contributed by atoms with Crippen LogP contribution in [0.25, 0.3) is 0 Å². The van der Waals surface area contributed by atoms with Gasteiger partial charge in [0, 0.05) is 26.7 Å². The number of nitrogens with zero attached hydrogens (tertiary/aromatic N) is 1. The second kappa shape index (κ2) is 7.73. The Morgan fingerprint density at radius 1 is 1.57 bits per heavy atom. The first-order valence-electron chi connectivity index (χ1n) is 4.78. The summed E-state index contributed by atoms with van der Waals surface area (Å²) in [5, 5.41) is 2.74. The molecule has 0 aliphatic rings. The zero-order chi connectivity index (χ0) is 11.0. The summed E-state index contributed by atoms with van der Waals surface area (Å²) >= 11 is 0. The summed E-state index contributed by atoms with van der Waals surface area (Å²) in [4.78, 5) is 13.1. The molecular weight excluding hydrogens is 182 g/mol. The van der Waals surface area contributed by atoms with Crippen LogP contribution in [-0.4, -0.2) is 57.2 Å². The zero-order valence-electron chi connectivity index (χ0n) is 9.25. The van der Waals surface area contributed by atoms with Gasteiger partial charge >= 0.3 is 0 Å². The smallest absolute Gasteiger partial charge is 0.236 e. The molecule has 0 saturated carbocycles. The lowest BCUT2D eigenvalue weighted by Crippen LogP contribution is -2.41. The van der Waals surface area contributed by atoms with Crippen LogP contribution in [0, 0.1) is 0 Å². The topological polar surface area (TPSA) is 67.6 Å². The SMILES string of the molecule is COCCN(C)CCNC(=O)[C@@H](C)N. The average molecular weight is 203 g/mol. The quantitative estimate of drug-likeness (QED) is 0.558. The molecule has 0 aromatic heterocycles. The van der Waals surface area contributed by atoms with E-state index in [2.05, 4.69) is 10.2 Å². The number of carbonyl (C=O) groups is 1. The Morgan fingerprint density at radius 3 is 2.71 bits per heavy atom. The second-order valence-corrected chi connectivity index (χ2v) is 3.38. The van der Waals surface area contributed by atoms with Gasteiger partial charge in [-0.05, 0) is 14.0 Å². The molecule has 1 amide bonds. The molecular formula is C9H21N3O2. The Kier molecular flexibility index (Phi) is 7.37. The molecule has 1 atom stereocenters. The fourth-order valence-electron chi connectivity index (χ4n) is 0.890. The fraction of sp³-hybridized carbons (Fsp3) is 0.889. The molecule has 0 saturated heterocycles. The van der Waals surface area contributed by atoms with Crippen LogP contribution in [0.1, 0.15) is 6.92 Å². The van der Waals surface area contributed by atoms with Crippen LogP contribution in [0.2, 0.25) is 0 Å². The van der Waals surface area contributed by atoms with Gasteiger partial charge < -0.3 is 20.7 Å². The van der Waals surface area contributed by atoms with Gasteiger partial charge in [0.05, 0.1) is 12.6 Å². The van der Waals surface area contributed by atoms with E-state index in [0.717, 1.165) is 13.1 Å². The number of nitrogens with two attached hydrogens (primary N) is 1. The summed E-state index contributed by atoms with van der Waals surface area (Å²) in [5.41, 5.74) is 5.39. The normalized spacial score (nSPS) is 12.9. The minimum Gasteiger partial charge on any atom is -0.383 e. The van der Waals surface area contributed by atoms with Crippen LogP contribution in [0.15, 0.2) is 0 Å². The second-order valence-electron chi connectivity index (χ2n) is 3.38. The molecule has 0 aromatic rings. The van der Waals surface area contributed by atoms with E-state index < -0.39 is 6.04 Å². The summed E-state index contributed by atoms with van der Waals surface area (Å²) in [6.45, 7) is 4.68. The molecule has 0 aliphatic heterocycles. The number of amides is 1. The molecule has 0 aromatic carbocycles. The molecule has 0 heterocycles. The van der Waals surface area contributed by atoms with E-state index in [1.807, 2.05) is 7.05 Å². The molecule has 0 aliphatic carbocycles. The van der Waals surface area contributed by atoms with Gasteiger partial charge in [0.1, 0.15) is 0 Å². The molecule has 5 nitrogen and oxygen atoms in total. The van der Waals surface area contributed by atoms with E-state index in [0.29, 0.717) is 13.2 Å². The van der Waals surface area contributed by atoms with Crippen molar-refractivity contribution in [2.45, 2.75) is 13.0 Å². The standard InChI is InChI=1S/C9H21N3O2/c1-8(10)9(13)11-4-5-12(2)6-7-14-3/h8H,4-7,10H2,1-3H3,(H,11,13)/t8-/m1/s1. The monoisotopic (exact) mass is 203 g/mol. The van der Waals surface area contributed by atoms with E-state index >= 15 is 0 Å². The summed E-state index contributed by atoms with van der Waals surface area (Å²) in [7, 11) is 3.66. The molecule has 5 heteroatoms. The van der Waals surface area contributed by atoms with Crippen molar-refractivity contribution >= 4 is 5.91 Å². The van der Waals surface area contributed by atoms with Crippen molar-refractivity contribution in [2.75, 3.05) is 40.4 Å². The fourth-order valence-corrected chi connectivity index (χ4v) is 0.890. The molecule has 0 bridgehead atoms. The van der Waals surface area contributed by atoms with Crippen molar-refractivity contribution in [2.24, 2.45) is 5.73 Å². The molecule has 84 valence electrons. The van der Waals surface area contributed by atoms with Crippen molar-refractivity contribution < 1.29 is 9.53 Å². The van der Waals surface area contributed by atoms with Gasteiger partial charge in [-0.25, -0.2) is 0 Å². The molecule has 0 rings (SSSR count). The van der Waals surface area contributed by atoms with E-state index in [1.54, 1.807) is 14.0 Å². The van der Waals surface area contributed by atoms with Crippen LogP contribution in [0.3, 0.4) is 0 Å². The zero-order valence-corrected chi connectivity index (χ0v) is 9.25. The summed E-state index contributed by atoms with van der Waals surface area (Å²) in [5.74, 6) is -0.106. The lowest BCUT2D eigenvalue weighted by atomic mass is 10.3. The minimum atomic E-state index is -0.431. The lowest BCUT2D eigenvalue weighted by molar-refractivity contribution is -0.122. The highest BCUT2D eigenvalue weighted by Crippen LogP contribution is 1.81. The van der Waals surface area contributed by atoms with Crippen molar-refractivity contribution in [3.63, 3.8) is 0 Å². The number of rotatable bonds is 7. The maximum absolute atomic E-state index is 11.1. The van der Waals surface area contributed by atoms with Gasteiger partial charge in [0.2, 0.25) is 5.91 Å². The largest absolute Gasteiger partial charge is 0.383 e. The van der Waals surface area contributed by atoms with Gasteiger partial charge in [0.25, 0.3) is 0 Å². The number of hydrogen-bond acceptors (Lipinski definition) is 4. The van der Waals surface area contributed by atoms with Crippen LogP contribution < -0.4 is 11.1 Å². The molecule has 0 fully saturated rings. The molecule has 3 N–H and O–H groups in total. The number of carbonyl (C=O) groups excluding carboxylic acids is 1. The Bertz CT molecular complexity index is 162. The first-order chi connectivity index (χ1) is 6.57.